The van der Waals surface area contributed by atoms with Gasteiger partial charge in [-0.3, -0.25) is 43.3 Å². The maximum atomic E-state index is 14.5. The third kappa shape index (κ3) is 14.2. The summed E-state index contributed by atoms with van der Waals surface area (Å²) in [6.45, 7) is 17.8. The molecule has 2 aliphatic heterocycles. The van der Waals surface area contributed by atoms with Crippen LogP contribution in [-0.2, 0) is 28.8 Å². The van der Waals surface area contributed by atoms with Crippen molar-refractivity contribution in [2.45, 2.75) is 142 Å². The first-order chi connectivity index (χ1) is 33.8. The first-order valence-corrected chi connectivity index (χ1v) is 24.7. The number of benzene rings is 2. The molecule has 0 radical (unpaired) electrons. The Balaban J connectivity index is 1.35. The molecule has 0 spiro atoms. The number of rotatable bonds is 18. The Labute approximate surface area is 423 Å². The smallest absolute Gasteiger partial charge is 0.253 e. The Bertz CT molecular complexity index is 2260. The van der Waals surface area contributed by atoms with Crippen molar-refractivity contribution >= 4 is 47.3 Å². The van der Waals surface area contributed by atoms with Gasteiger partial charge in [0, 0.05) is 37.6 Å². The van der Waals surface area contributed by atoms with Crippen molar-refractivity contribution in [3.05, 3.63) is 101 Å². The first kappa shape index (κ1) is 56.2. The van der Waals surface area contributed by atoms with Gasteiger partial charge in [-0.1, -0.05) is 102 Å². The third-order valence-corrected chi connectivity index (χ3v) is 13.5. The topological polar surface area (TPSA) is 252 Å². The zero-order valence-corrected chi connectivity index (χ0v) is 43.7. The van der Waals surface area contributed by atoms with Gasteiger partial charge in [0.15, 0.2) is 0 Å². The van der Waals surface area contributed by atoms with Gasteiger partial charge in [-0.25, -0.2) is 0 Å². The number of pyridine rings is 1. The number of likely N-dealkylation sites (tertiary alicyclic amines) is 2. The highest BCUT2D eigenvalue weighted by atomic mass is 16.2. The van der Waals surface area contributed by atoms with Crippen LogP contribution in [0.5, 0.6) is 0 Å². The van der Waals surface area contributed by atoms with Crippen LogP contribution in [0.1, 0.15) is 126 Å². The number of carbonyl (C=O) groups is 8. The molecule has 2 fully saturated rings. The molecule has 0 saturated carbocycles. The number of nitrogens with one attached hydrogen (secondary N) is 8. The maximum absolute atomic E-state index is 14.5. The van der Waals surface area contributed by atoms with Crippen LogP contribution in [-0.4, -0.2) is 138 Å². The molecule has 5 rings (SSSR count). The summed E-state index contributed by atoms with van der Waals surface area (Å²) in [5, 5.41) is 23.4. The van der Waals surface area contributed by atoms with Crippen molar-refractivity contribution in [2.75, 3.05) is 27.2 Å². The Hall–Kier alpha value is -6.73. The van der Waals surface area contributed by atoms with Crippen LogP contribution in [0.2, 0.25) is 0 Å². The number of likely N-dealkylation sites (N-methyl/N-ethyl adjacent to an activating group) is 2. The van der Waals surface area contributed by atoms with Gasteiger partial charge < -0.3 is 52.3 Å². The van der Waals surface area contributed by atoms with Crippen LogP contribution in [0.15, 0.2) is 79.1 Å². The highest BCUT2D eigenvalue weighted by Crippen LogP contribution is 2.29. The fraction of sp³-hybridized carbons (Fsp3) is 0.528. The molecule has 2 aliphatic rings. The standard InChI is InChI=1S/C53H75N11O8/c1-30(34-19-15-13-16-20-34)57-48(69)40-24-38(28-63(40)50(71)42(52(5,6)7)61-44(65)32(3)54-11)59-46(67)36-23-37(27-56-26-36)47(68)60-39-25-41(49(70)58-31(2)35-21-17-14-18-22-35)64(29-39)51(72)43(53(8,9)10)62-45(66)33(4)55-12/h13-23,26-27,30-33,38-43,54-55H,24-25,28-29H2,1-12H3,(H,57,69)(H,58,70)(H,59,67)(H,60,68)(H,61,65)(H,62,66)/t30-,31-,32+,33+,38+,39+,40+,41+,42-,43-/m1/s1. The van der Waals surface area contributed by atoms with Crippen molar-refractivity contribution < 1.29 is 38.4 Å². The summed E-state index contributed by atoms with van der Waals surface area (Å²) in [6.07, 6.45) is 2.70. The zero-order valence-electron chi connectivity index (χ0n) is 43.7. The Kier molecular flexibility index (Phi) is 18.8. The molecule has 3 aromatic rings. The van der Waals surface area contributed by atoms with E-state index in [4.69, 9.17) is 0 Å². The summed E-state index contributed by atoms with van der Waals surface area (Å²) in [5.74, 6) is -3.83. The molecule has 0 bridgehead atoms. The van der Waals surface area contributed by atoms with Gasteiger partial charge in [0.25, 0.3) is 11.8 Å². The van der Waals surface area contributed by atoms with E-state index in [-0.39, 0.29) is 37.1 Å². The van der Waals surface area contributed by atoms with Crippen molar-refractivity contribution in [3.8, 4) is 0 Å². The van der Waals surface area contributed by atoms with Crippen LogP contribution >= 0.6 is 0 Å². The van der Waals surface area contributed by atoms with Crippen LogP contribution in [0, 0.1) is 10.8 Å². The van der Waals surface area contributed by atoms with E-state index in [9.17, 15) is 38.4 Å². The second kappa shape index (κ2) is 24.1. The lowest BCUT2D eigenvalue weighted by molar-refractivity contribution is -0.144. The Morgan fingerprint density at radius 1 is 0.542 bits per heavy atom. The van der Waals surface area contributed by atoms with Crippen LogP contribution in [0.25, 0.3) is 0 Å². The van der Waals surface area contributed by atoms with Crippen molar-refractivity contribution in [1.82, 2.24) is 57.3 Å². The summed E-state index contributed by atoms with van der Waals surface area (Å²) < 4.78 is 0. The van der Waals surface area contributed by atoms with Gasteiger partial charge >= 0.3 is 0 Å². The van der Waals surface area contributed by atoms with Gasteiger partial charge in [-0.2, -0.15) is 0 Å². The average molecular weight is 994 g/mol. The Morgan fingerprint density at radius 3 is 1.21 bits per heavy atom. The van der Waals surface area contributed by atoms with Gasteiger partial charge in [0.1, 0.15) is 24.2 Å². The molecule has 0 unspecified atom stereocenters. The number of carbonyl (C=O) groups excluding carboxylic acids is 8. The minimum absolute atomic E-state index is 0.0296. The molecule has 19 nitrogen and oxygen atoms in total. The number of nitrogens with zero attached hydrogens (tertiary/aromatic N) is 3. The number of hydrogen-bond acceptors (Lipinski definition) is 11. The summed E-state index contributed by atoms with van der Waals surface area (Å²) in [4.78, 5) is 119. The lowest BCUT2D eigenvalue weighted by Crippen LogP contribution is -2.59. The quantitative estimate of drug-likeness (QED) is 0.0920. The Morgan fingerprint density at radius 2 is 0.889 bits per heavy atom. The molecule has 2 aromatic carbocycles. The summed E-state index contributed by atoms with van der Waals surface area (Å²) in [5.41, 5.74) is 0.255. The van der Waals surface area contributed by atoms with Gasteiger partial charge in [-0.15, -0.1) is 0 Å². The van der Waals surface area contributed by atoms with Crippen LogP contribution in [0.4, 0.5) is 0 Å². The fourth-order valence-corrected chi connectivity index (χ4v) is 8.79. The predicted octanol–water partition coefficient (Wildman–Crippen LogP) is 2.51. The molecule has 1 aromatic heterocycles. The molecule has 8 N–H and O–H groups in total. The van der Waals surface area contributed by atoms with E-state index in [1.165, 1.54) is 28.3 Å². The summed E-state index contributed by atoms with van der Waals surface area (Å²) >= 11 is 0. The van der Waals surface area contributed by atoms with E-state index < -0.39 is 119 Å². The number of hydrogen-bond donors (Lipinski definition) is 8. The van der Waals surface area contributed by atoms with E-state index >= 15 is 0 Å². The minimum atomic E-state index is -1.02. The second-order valence-corrected chi connectivity index (χ2v) is 21.2. The number of aromatic nitrogens is 1. The SMILES string of the molecule is CN[C@@H](C)C(=O)N[C@H](C(=O)N1C[C@@H](NC(=O)c2cncc(C(=O)N[C@H]3C[C@@H](C(=O)N[C@H](C)c4ccccc4)N(C(=O)[C@@H](NC(=O)[C@H](C)NC)C(C)(C)C)C3)c2)C[C@H]1C(=O)N[C@H](C)c1ccccc1)C(C)(C)C. The maximum Gasteiger partial charge on any atom is 0.253 e. The van der Waals surface area contributed by atoms with Crippen molar-refractivity contribution in [1.29, 1.82) is 0 Å². The van der Waals surface area contributed by atoms with Gasteiger partial charge in [-0.05, 0) is 82.7 Å². The predicted molar refractivity (Wildman–Crippen MR) is 273 cm³/mol. The lowest BCUT2D eigenvalue weighted by atomic mass is 9.85. The largest absolute Gasteiger partial charge is 0.348 e. The van der Waals surface area contributed by atoms with E-state index in [1.54, 1.807) is 27.9 Å². The minimum Gasteiger partial charge on any atom is -0.348 e. The van der Waals surface area contributed by atoms with E-state index in [0.29, 0.717) is 0 Å². The molecule has 390 valence electrons. The van der Waals surface area contributed by atoms with Crippen LogP contribution in [0.3, 0.4) is 0 Å². The molecule has 3 heterocycles. The molecule has 72 heavy (non-hydrogen) atoms. The molecule has 19 heteroatoms. The highest BCUT2D eigenvalue weighted by Gasteiger charge is 2.47. The van der Waals surface area contributed by atoms with Crippen LogP contribution < -0.4 is 42.5 Å². The van der Waals surface area contributed by atoms with Crippen molar-refractivity contribution in [3.63, 3.8) is 0 Å². The lowest BCUT2D eigenvalue weighted by Gasteiger charge is -2.36. The fourth-order valence-electron chi connectivity index (χ4n) is 8.79. The summed E-state index contributed by atoms with van der Waals surface area (Å²) in [6, 6.07) is 12.6. The molecular weight excluding hydrogens is 919 g/mol. The third-order valence-electron chi connectivity index (χ3n) is 13.5. The molecular formula is C53H75N11O8. The zero-order chi connectivity index (χ0) is 53.2. The molecule has 2 saturated heterocycles. The van der Waals surface area contributed by atoms with E-state index in [0.717, 1.165) is 11.1 Å². The first-order valence-electron chi connectivity index (χ1n) is 24.7. The average Bonchev–Trinajstić information content (AvgIpc) is 3.98. The van der Waals surface area contributed by atoms with Gasteiger partial charge in [0.2, 0.25) is 35.4 Å². The van der Waals surface area contributed by atoms with E-state index in [2.05, 4.69) is 47.5 Å². The van der Waals surface area contributed by atoms with Gasteiger partial charge in [0.05, 0.1) is 35.3 Å². The van der Waals surface area contributed by atoms with E-state index in [1.807, 2.05) is 116 Å². The molecule has 0 aliphatic carbocycles. The highest BCUT2D eigenvalue weighted by molar-refractivity contribution is 6.00. The second-order valence-electron chi connectivity index (χ2n) is 21.2. The normalized spacial score (nSPS) is 20.4. The van der Waals surface area contributed by atoms with Crippen molar-refractivity contribution in [2.24, 2.45) is 10.8 Å². The number of amides is 8. The monoisotopic (exact) mass is 994 g/mol. The molecule has 8 amide bonds. The summed E-state index contributed by atoms with van der Waals surface area (Å²) in [7, 11) is 3.27. The molecule has 10 atom stereocenters.